The summed E-state index contributed by atoms with van der Waals surface area (Å²) in [7, 11) is 0. The summed E-state index contributed by atoms with van der Waals surface area (Å²) in [5.41, 5.74) is 4.22. The number of fused-ring (bicyclic) bond motifs is 1. The topological polar surface area (TPSA) is 69.2 Å². The van der Waals surface area contributed by atoms with E-state index in [-0.39, 0.29) is 12.5 Å². The molecule has 0 saturated heterocycles. The van der Waals surface area contributed by atoms with E-state index in [2.05, 4.69) is 26.5 Å². The smallest absolute Gasteiger partial charge is 0.277 e. The predicted molar refractivity (Wildman–Crippen MR) is 146 cm³/mol. The number of benzene rings is 4. The number of rotatable bonds is 10. The van der Waals surface area contributed by atoms with Crippen molar-refractivity contribution in [3.05, 3.63) is 99.5 Å². The summed E-state index contributed by atoms with van der Waals surface area (Å²) in [6, 6.07) is 24.6. The normalized spacial score (nSPS) is 11.0. The van der Waals surface area contributed by atoms with E-state index in [1.807, 2.05) is 79.7 Å². The summed E-state index contributed by atoms with van der Waals surface area (Å²) in [6.07, 6.45) is 1.54. The third-order valence-corrected chi connectivity index (χ3v) is 6.23. The van der Waals surface area contributed by atoms with Gasteiger partial charge in [0.15, 0.2) is 18.1 Å². The third-order valence-electron chi connectivity index (χ3n) is 5.16. The molecule has 0 bridgehead atoms. The Labute approximate surface area is 223 Å². The van der Waals surface area contributed by atoms with Gasteiger partial charge in [-0.2, -0.15) is 5.10 Å². The van der Waals surface area contributed by atoms with Crippen molar-refractivity contribution < 1.29 is 19.0 Å². The van der Waals surface area contributed by atoms with Gasteiger partial charge in [0.25, 0.3) is 5.91 Å². The molecule has 0 radical (unpaired) electrons. The summed E-state index contributed by atoms with van der Waals surface area (Å²) < 4.78 is 18.1. The molecule has 0 aliphatic carbocycles. The van der Waals surface area contributed by atoms with Crippen molar-refractivity contribution in [3.8, 4) is 17.2 Å². The molecule has 4 aromatic rings. The highest BCUT2D eigenvalue weighted by molar-refractivity contribution is 9.10. The molecule has 0 aliphatic heterocycles. The number of carbonyl (C=O) groups excluding carboxylic acids is 1. The Hall–Kier alpha value is -3.55. The second-order valence-corrected chi connectivity index (χ2v) is 8.96. The summed E-state index contributed by atoms with van der Waals surface area (Å²) in [6.45, 7) is 2.60. The Bertz CT molecular complexity index is 1380. The number of nitrogens with one attached hydrogen (secondary N) is 1. The fourth-order valence-electron chi connectivity index (χ4n) is 3.41. The van der Waals surface area contributed by atoms with Gasteiger partial charge >= 0.3 is 0 Å². The van der Waals surface area contributed by atoms with E-state index in [9.17, 15) is 4.79 Å². The fourth-order valence-corrected chi connectivity index (χ4v) is 4.15. The van der Waals surface area contributed by atoms with Crippen LogP contribution in [0.2, 0.25) is 5.02 Å². The Morgan fingerprint density at radius 3 is 2.53 bits per heavy atom. The maximum Gasteiger partial charge on any atom is 0.277 e. The molecule has 0 spiro atoms. The highest BCUT2D eigenvalue weighted by atomic mass is 79.9. The zero-order chi connectivity index (χ0) is 25.3. The number of hydrogen-bond acceptors (Lipinski definition) is 5. The molecule has 4 rings (SSSR count). The van der Waals surface area contributed by atoms with Crippen LogP contribution in [0.5, 0.6) is 17.2 Å². The number of halogens is 2. The molecule has 0 heterocycles. The average molecular weight is 568 g/mol. The molecule has 36 heavy (non-hydrogen) atoms. The maximum atomic E-state index is 12.2. The minimum atomic E-state index is -0.376. The lowest BCUT2D eigenvalue weighted by Gasteiger charge is -2.12. The summed E-state index contributed by atoms with van der Waals surface area (Å²) in [5.74, 6) is 1.41. The SMILES string of the molecule is CCOc1cc(/C=N\NC(=O)COc2ccc3ccccc3c2Br)ccc1OCc1ccc(Cl)cc1. The summed E-state index contributed by atoms with van der Waals surface area (Å²) in [4.78, 5) is 12.2. The average Bonchev–Trinajstić information content (AvgIpc) is 2.89. The van der Waals surface area contributed by atoms with Crippen LogP contribution in [-0.4, -0.2) is 25.3 Å². The van der Waals surface area contributed by atoms with Gasteiger partial charge in [0.2, 0.25) is 0 Å². The van der Waals surface area contributed by atoms with Crippen molar-refractivity contribution in [1.29, 1.82) is 0 Å². The molecule has 1 N–H and O–H groups in total. The van der Waals surface area contributed by atoms with Gasteiger partial charge in [-0.15, -0.1) is 0 Å². The zero-order valence-electron chi connectivity index (χ0n) is 19.5. The lowest BCUT2D eigenvalue weighted by Crippen LogP contribution is -2.24. The van der Waals surface area contributed by atoms with Crippen LogP contribution >= 0.6 is 27.5 Å². The number of amides is 1. The van der Waals surface area contributed by atoms with Gasteiger partial charge < -0.3 is 14.2 Å². The molecule has 0 aliphatic rings. The van der Waals surface area contributed by atoms with Gasteiger partial charge in [0.05, 0.1) is 17.3 Å². The fraction of sp³-hybridized carbons (Fsp3) is 0.143. The first-order chi connectivity index (χ1) is 17.5. The van der Waals surface area contributed by atoms with E-state index in [4.69, 9.17) is 25.8 Å². The van der Waals surface area contributed by atoms with Gasteiger partial charge in [0.1, 0.15) is 12.4 Å². The lowest BCUT2D eigenvalue weighted by molar-refractivity contribution is -0.123. The van der Waals surface area contributed by atoms with E-state index in [0.29, 0.717) is 35.5 Å². The molecular formula is C28H24BrClN2O4. The summed E-state index contributed by atoms with van der Waals surface area (Å²) in [5, 5.41) is 6.81. The molecular weight excluding hydrogens is 544 g/mol. The number of ether oxygens (including phenoxy) is 3. The molecule has 0 fully saturated rings. The first kappa shape index (κ1) is 25.5. The van der Waals surface area contributed by atoms with Gasteiger partial charge in [-0.05, 0) is 81.2 Å². The van der Waals surface area contributed by atoms with E-state index >= 15 is 0 Å². The quantitative estimate of drug-likeness (QED) is 0.170. The largest absolute Gasteiger partial charge is 0.490 e. The van der Waals surface area contributed by atoms with Crippen molar-refractivity contribution in [1.82, 2.24) is 5.43 Å². The van der Waals surface area contributed by atoms with Gasteiger partial charge in [-0.3, -0.25) is 4.79 Å². The highest BCUT2D eigenvalue weighted by Crippen LogP contribution is 2.33. The number of hydrogen-bond donors (Lipinski definition) is 1. The zero-order valence-corrected chi connectivity index (χ0v) is 21.9. The monoisotopic (exact) mass is 566 g/mol. The van der Waals surface area contributed by atoms with E-state index in [0.717, 1.165) is 26.4 Å². The minimum absolute atomic E-state index is 0.171. The van der Waals surface area contributed by atoms with Crippen LogP contribution in [0.3, 0.4) is 0 Å². The van der Waals surface area contributed by atoms with Crippen molar-refractivity contribution >= 4 is 50.4 Å². The van der Waals surface area contributed by atoms with Crippen molar-refractivity contribution in [3.63, 3.8) is 0 Å². The van der Waals surface area contributed by atoms with Crippen LogP contribution in [0, 0.1) is 0 Å². The molecule has 0 unspecified atom stereocenters. The maximum absolute atomic E-state index is 12.2. The second-order valence-electron chi connectivity index (χ2n) is 7.73. The standard InChI is InChI=1S/C28H24BrClN2O4/c1-2-34-26-15-20(9-13-24(26)35-17-19-7-11-22(30)12-8-19)16-31-32-27(33)18-36-25-14-10-21-5-3-4-6-23(21)28(25)29/h3-16H,2,17-18H2,1H3,(H,32,33)/b31-16-. The van der Waals surface area contributed by atoms with Crippen molar-refractivity contribution in [2.75, 3.05) is 13.2 Å². The number of hydrazone groups is 1. The molecule has 1 amide bonds. The predicted octanol–water partition coefficient (Wildman–Crippen LogP) is 6.76. The first-order valence-electron chi connectivity index (χ1n) is 11.3. The van der Waals surface area contributed by atoms with E-state index in [1.54, 1.807) is 6.07 Å². The Kier molecular flexibility index (Phi) is 8.81. The van der Waals surface area contributed by atoms with Crippen LogP contribution in [0.4, 0.5) is 0 Å². The van der Waals surface area contributed by atoms with E-state index < -0.39 is 0 Å². The van der Waals surface area contributed by atoms with Gasteiger partial charge in [0, 0.05) is 5.02 Å². The summed E-state index contributed by atoms with van der Waals surface area (Å²) >= 11 is 9.49. The number of carbonyl (C=O) groups is 1. The molecule has 0 aromatic heterocycles. The Morgan fingerprint density at radius 2 is 1.72 bits per heavy atom. The Morgan fingerprint density at radius 1 is 0.944 bits per heavy atom. The van der Waals surface area contributed by atoms with Gasteiger partial charge in [-0.1, -0.05) is 54.1 Å². The van der Waals surface area contributed by atoms with Crippen LogP contribution < -0.4 is 19.6 Å². The van der Waals surface area contributed by atoms with Gasteiger partial charge in [-0.25, -0.2) is 5.43 Å². The molecule has 4 aromatic carbocycles. The van der Waals surface area contributed by atoms with Crippen LogP contribution in [0.15, 0.2) is 88.4 Å². The molecule has 0 saturated carbocycles. The highest BCUT2D eigenvalue weighted by Gasteiger charge is 2.09. The van der Waals surface area contributed by atoms with Crippen LogP contribution in [0.1, 0.15) is 18.1 Å². The van der Waals surface area contributed by atoms with Crippen molar-refractivity contribution in [2.24, 2.45) is 5.10 Å². The minimum Gasteiger partial charge on any atom is -0.490 e. The lowest BCUT2D eigenvalue weighted by atomic mass is 10.1. The van der Waals surface area contributed by atoms with Crippen LogP contribution in [0.25, 0.3) is 10.8 Å². The molecule has 184 valence electrons. The molecule has 0 atom stereocenters. The second kappa shape index (κ2) is 12.4. The first-order valence-corrected chi connectivity index (χ1v) is 12.5. The van der Waals surface area contributed by atoms with Crippen molar-refractivity contribution in [2.45, 2.75) is 13.5 Å². The Balaban J connectivity index is 1.33. The third kappa shape index (κ3) is 6.77. The van der Waals surface area contributed by atoms with Crippen LogP contribution in [-0.2, 0) is 11.4 Å². The molecule has 8 heteroatoms. The molecule has 6 nitrogen and oxygen atoms in total. The number of nitrogens with zero attached hydrogens (tertiary/aromatic N) is 1. The van der Waals surface area contributed by atoms with E-state index in [1.165, 1.54) is 6.21 Å².